The normalized spacial score (nSPS) is 16.9. The van der Waals surface area contributed by atoms with Crippen molar-refractivity contribution in [3.8, 4) is 0 Å². The van der Waals surface area contributed by atoms with E-state index in [4.69, 9.17) is 4.74 Å². The molecule has 0 atom stereocenters. The zero-order valence-electron chi connectivity index (χ0n) is 16.8. The van der Waals surface area contributed by atoms with Crippen LogP contribution in [0.5, 0.6) is 0 Å². The Morgan fingerprint density at radius 1 is 0.967 bits per heavy atom. The van der Waals surface area contributed by atoms with Gasteiger partial charge in [-0.05, 0) is 55.2 Å². The third-order valence-corrected chi connectivity index (χ3v) is 7.65. The monoisotopic (exact) mass is 428 g/mol. The molecule has 2 aliphatic heterocycles. The summed E-state index contributed by atoms with van der Waals surface area (Å²) in [7, 11) is -2.42. The van der Waals surface area contributed by atoms with E-state index in [-0.39, 0.29) is 16.4 Å². The van der Waals surface area contributed by atoms with Crippen LogP contribution < -0.4 is 4.90 Å². The Kier molecular flexibility index (Phi) is 5.62. The summed E-state index contributed by atoms with van der Waals surface area (Å²) in [6.07, 6.45) is 3.27. The Hall–Kier alpha value is -2.71. The van der Waals surface area contributed by atoms with Crippen molar-refractivity contribution in [2.24, 2.45) is 0 Å². The van der Waals surface area contributed by atoms with Gasteiger partial charge in [-0.15, -0.1) is 0 Å². The fourth-order valence-electron chi connectivity index (χ4n) is 4.12. The lowest BCUT2D eigenvalue weighted by molar-refractivity contribution is 0.0600. The van der Waals surface area contributed by atoms with Gasteiger partial charge in [0, 0.05) is 25.3 Å². The van der Waals surface area contributed by atoms with Gasteiger partial charge in [-0.1, -0.05) is 18.6 Å². The van der Waals surface area contributed by atoms with Crippen LogP contribution in [0.15, 0.2) is 47.4 Å². The molecule has 1 fully saturated rings. The number of carbonyl (C=O) groups excluding carboxylic acids is 2. The largest absolute Gasteiger partial charge is 0.465 e. The predicted octanol–water partition coefficient (Wildman–Crippen LogP) is 2.85. The Morgan fingerprint density at radius 3 is 2.43 bits per heavy atom. The van der Waals surface area contributed by atoms with Crippen molar-refractivity contribution in [3.05, 3.63) is 59.2 Å². The van der Waals surface area contributed by atoms with Gasteiger partial charge in [-0.2, -0.15) is 4.31 Å². The molecular formula is C22H24N2O5S. The number of fused-ring (bicyclic) bond motifs is 1. The Labute approximate surface area is 176 Å². The standard InChI is InChI=1S/C22H24N2O5S/c1-29-22(26)17-9-10-19-16(15-17)11-14-24(19)21(25)18-7-3-4-8-20(18)30(27,28)23-12-5-2-6-13-23/h3-4,7-10,15H,2,5-6,11-14H2,1H3. The van der Waals surface area contributed by atoms with E-state index < -0.39 is 16.0 Å². The van der Waals surface area contributed by atoms with Crippen LogP contribution in [0.2, 0.25) is 0 Å². The highest BCUT2D eigenvalue weighted by molar-refractivity contribution is 7.89. The topological polar surface area (TPSA) is 84.0 Å². The van der Waals surface area contributed by atoms with Crippen LogP contribution >= 0.6 is 0 Å². The van der Waals surface area contributed by atoms with Crippen LogP contribution in [0.1, 0.15) is 45.5 Å². The molecule has 0 spiro atoms. The molecule has 7 nitrogen and oxygen atoms in total. The van der Waals surface area contributed by atoms with Crippen LogP contribution in [-0.2, 0) is 21.2 Å². The second-order valence-electron chi connectivity index (χ2n) is 7.50. The molecular weight excluding hydrogens is 404 g/mol. The zero-order valence-corrected chi connectivity index (χ0v) is 17.7. The molecule has 1 saturated heterocycles. The number of methoxy groups -OCH3 is 1. The molecule has 0 unspecified atom stereocenters. The Bertz CT molecular complexity index is 1090. The lowest BCUT2D eigenvalue weighted by atomic mass is 10.1. The van der Waals surface area contributed by atoms with E-state index in [1.54, 1.807) is 41.3 Å². The van der Waals surface area contributed by atoms with E-state index in [1.165, 1.54) is 17.5 Å². The van der Waals surface area contributed by atoms with Gasteiger partial charge < -0.3 is 9.64 Å². The molecule has 2 aromatic rings. The number of ether oxygens (including phenoxy) is 1. The molecule has 1 amide bonds. The number of benzene rings is 2. The van der Waals surface area contributed by atoms with E-state index in [9.17, 15) is 18.0 Å². The number of rotatable bonds is 4. The van der Waals surface area contributed by atoms with Gasteiger partial charge in [0.25, 0.3) is 5.91 Å². The average Bonchev–Trinajstić information content (AvgIpc) is 3.22. The van der Waals surface area contributed by atoms with Gasteiger partial charge in [-0.3, -0.25) is 4.79 Å². The van der Waals surface area contributed by atoms with Gasteiger partial charge >= 0.3 is 5.97 Å². The Morgan fingerprint density at radius 2 is 1.70 bits per heavy atom. The maximum absolute atomic E-state index is 13.4. The van der Waals surface area contributed by atoms with E-state index in [0.29, 0.717) is 37.3 Å². The number of sulfonamides is 1. The van der Waals surface area contributed by atoms with Gasteiger partial charge in [0.05, 0.1) is 23.1 Å². The van der Waals surface area contributed by atoms with Gasteiger partial charge in [-0.25, -0.2) is 13.2 Å². The number of amides is 1. The zero-order chi connectivity index (χ0) is 21.3. The highest BCUT2D eigenvalue weighted by atomic mass is 32.2. The maximum atomic E-state index is 13.4. The van der Waals surface area contributed by atoms with Crippen LogP contribution in [-0.4, -0.2) is 51.3 Å². The van der Waals surface area contributed by atoms with Crippen LogP contribution in [0, 0.1) is 0 Å². The van der Waals surface area contributed by atoms with Crippen molar-refractivity contribution in [2.75, 3.05) is 31.6 Å². The minimum absolute atomic E-state index is 0.0523. The summed E-state index contributed by atoms with van der Waals surface area (Å²) >= 11 is 0. The summed E-state index contributed by atoms with van der Waals surface area (Å²) in [5.74, 6) is -0.781. The fourth-order valence-corrected chi connectivity index (χ4v) is 5.82. The number of hydrogen-bond donors (Lipinski definition) is 0. The maximum Gasteiger partial charge on any atom is 0.337 e. The summed E-state index contributed by atoms with van der Waals surface area (Å²) in [6, 6.07) is 11.5. The fraction of sp³-hybridized carbons (Fsp3) is 0.364. The molecule has 2 aromatic carbocycles. The lowest BCUT2D eigenvalue weighted by Gasteiger charge is -2.27. The van der Waals surface area contributed by atoms with Gasteiger partial charge in [0.1, 0.15) is 0 Å². The molecule has 2 heterocycles. The van der Waals surface area contributed by atoms with E-state index in [0.717, 1.165) is 24.8 Å². The summed E-state index contributed by atoms with van der Waals surface area (Å²) < 4.78 is 32.7. The van der Waals surface area contributed by atoms with Crippen molar-refractivity contribution in [2.45, 2.75) is 30.6 Å². The first kappa shape index (κ1) is 20.6. The highest BCUT2D eigenvalue weighted by Gasteiger charge is 2.33. The minimum Gasteiger partial charge on any atom is -0.465 e. The SMILES string of the molecule is COC(=O)c1ccc2c(c1)CCN2C(=O)c1ccccc1S(=O)(=O)N1CCCCC1. The first-order chi connectivity index (χ1) is 14.4. The molecule has 0 radical (unpaired) electrons. The molecule has 0 bridgehead atoms. The van der Waals surface area contributed by atoms with Crippen molar-refractivity contribution < 1.29 is 22.7 Å². The van der Waals surface area contributed by atoms with E-state index in [2.05, 4.69) is 0 Å². The molecule has 0 aromatic heterocycles. The molecule has 8 heteroatoms. The first-order valence-electron chi connectivity index (χ1n) is 10.1. The van der Waals surface area contributed by atoms with Crippen LogP contribution in [0.4, 0.5) is 5.69 Å². The molecule has 0 N–H and O–H groups in total. The number of carbonyl (C=O) groups is 2. The summed E-state index contributed by atoms with van der Waals surface area (Å²) in [5.41, 5.74) is 2.16. The minimum atomic E-state index is -3.74. The number of anilines is 1. The molecule has 0 saturated carbocycles. The smallest absolute Gasteiger partial charge is 0.337 e. The van der Waals surface area contributed by atoms with Crippen molar-refractivity contribution in [1.29, 1.82) is 0 Å². The van der Waals surface area contributed by atoms with Crippen molar-refractivity contribution >= 4 is 27.6 Å². The molecule has 158 valence electrons. The predicted molar refractivity (Wildman–Crippen MR) is 112 cm³/mol. The third-order valence-electron chi connectivity index (χ3n) is 5.69. The number of piperidine rings is 1. The first-order valence-corrected chi connectivity index (χ1v) is 11.5. The summed E-state index contributed by atoms with van der Waals surface area (Å²) in [5, 5.41) is 0. The van der Waals surface area contributed by atoms with E-state index in [1.807, 2.05) is 0 Å². The number of nitrogens with zero attached hydrogens (tertiary/aromatic N) is 2. The lowest BCUT2D eigenvalue weighted by Crippen LogP contribution is -2.37. The van der Waals surface area contributed by atoms with Crippen LogP contribution in [0.25, 0.3) is 0 Å². The van der Waals surface area contributed by atoms with Gasteiger partial charge in [0.15, 0.2) is 0 Å². The van der Waals surface area contributed by atoms with Crippen molar-refractivity contribution in [1.82, 2.24) is 4.31 Å². The average molecular weight is 429 g/mol. The second kappa shape index (κ2) is 8.20. The van der Waals surface area contributed by atoms with Crippen LogP contribution in [0.3, 0.4) is 0 Å². The highest BCUT2D eigenvalue weighted by Crippen LogP contribution is 2.32. The number of esters is 1. The van der Waals surface area contributed by atoms with Crippen molar-refractivity contribution in [3.63, 3.8) is 0 Å². The van der Waals surface area contributed by atoms with Gasteiger partial charge in [0.2, 0.25) is 10.0 Å². The second-order valence-corrected chi connectivity index (χ2v) is 9.41. The molecule has 30 heavy (non-hydrogen) atoms. The Balaban J connectivity index is 1.67. The van der Waals surface area contributed by atoms with E-state index >= 15 is 0 Å². The molecule has 2 aliphatic rings. The molecule has 4 rings (SSSR count). The number of hydrogen-bond acceptors (Lipinski definition) is 5. The summed E-state index contributed by atoms with van der Waals surface area (Å²) in [6.45, 7) is 1.39. The quantitative estimate of drug-likeness (QED) is 0.700. The summed E-state index contributed by atoms with van der Waals surface area (Å²) in [4.78, 5) is 26.8. The third kappa shape index (κ3) is 3.61. The molecule has 0 aliphatic carbocycles.